The largest absolute Gasteiger partial charge is 0.394 e. The van der Waals surface area contributed by atoms with Gasteiger partial charge in [0.15, 0.2) is 12.1 Å². The number of ketones is 1. The summed E-state index contributed by atoms with van der Waals surface area (Å²) >= 11 is 0. The maximum atomic E-state index is 12.9. The molecule has 0 saturated carbocycles. The molecule has 2 rings (SSSR count). The van der Waals surface area contributed by atoms with E-state index in [1.807, 2.05) is 20.8 Å². The molecule has 0 aromatic heterocycles. The Morgan fingerprint density at radius 3 is 2.03 bits per heavy atom. The van der Waals surface area contributed by atoms with Gasteiger partial charge in [0, 0.05) is 12.8 Å². The SMILES string of the molecule is CC(=O)N[C@H]1C(O[C@@H]2OC(C(=O)C(C)C)[C@@H](OC(C)C)C(O)[C@@H]2O)[C@H](O)C(CO)O[C@H]1C(C)(C)C. The van der Waals surface area contributed by atoms with Crippen LogP contribution in [0.25, 0.3) is 0 Å². The Kier molecular flexibility index (Phi) is 10.2. The van der Waals surface area contributed by atoms with Crippen molar-refractivity contribution in [2.24, 2.45) is 11.3 Å². The number of rotatable bonds is 8. The first-order valence-electron chi connectivity index (χ1n) is 12.2. The molecule has 204 valence electrons. The first kappa shape index (κ1) is 30.0. The van der Waals surface area contributed by atoms with Crippen LogP contribution in [0, 0.1) is 11.3 Å². The first-order valence-corrected chi connectivity index (χ1v) is 12.2. The molecule has 2 heterocycles. The summed E-state index contributed by atoms with van der Waals surface area (Å²) in [5, 5.41) is 45.2. The molecule has 11 heteroatoms. The average molecular weight is 506 g/mol. The van der Waals surface area contributed by atoms with E-state index in [2.05, 4.69) is 5.32 Å². The van der Waals surface area contributed by atoms with Gasteiger partial charge in [-0.25, -0.2) is 0 Å². The number of Topliss-reactive ketones (excluding diaryl/α,β-unsaturated/α-hetero) is 1. The summed E-state index contributed by atoms with van der Waals surface area (Å²) in [5.41, 5.74) is -0.541. The van der Waals surface area contributed by atoms with Crippen LogP contribution in [0.5, 0.6) is 0 Å². The second kappa shape index (κ2) is 11.9. The highest BCUT2D eigenvalue weighted by Crippen LogP contribution is 2.36. The van der Waals surface area contributed by atoms with E-state index in [1.54, 1.807) is 27.7 Å². The molecule has 0 aromatic rings. The van der Waals surface area contributed by atoms with Gasteiger partial charge < -0.3 is 44.7 Å². The summed E-state index contributed by atoms with van der Waals surface area (Å²) in [6, 6.07) is -0.887. The molecule has 10 atom stereocenters. The van der Waals surface area contributed by atoms with E-state index in [0.29, 0.717) is 0 Å². The molecule has 4 unspecified atom stereocenters. The molecule has 1 amide bonds. The van der Waals surface area contributed by atoms with Gasteiger partial charge >= 0.3 is 0 Å². The Hall–Kier alpha value is -1.18. The van der Waals surface area contributed by atoms with Crippen LogP contribution in [-0.2, 0) is 28.5 Å². The quantitative estimate of drug-likeness (QED) is 0.291. The third-order valence-electron chi connectivity index (χ3n) is 6.24. The number of amides is 1. The minimum Gasteiger partial charge on any atom is -0.394 e. The number of aliphatic hydroxyl groups is 4. The first-order chi connectivity index (χ1) is 16.1. The summed E-state index contributed by atoms with van der Waals surface area (Å²) in [6.45, 7) is 13.2. The molecule has 0 radical (unpaired) electrons. The van der Waals surface area contributed by atoms with Crippen LogP contribution < -0.4 is 5.32 Å². The van der Waals surface area contributed by atoms with Crippen molar-refractivity contribution in [3.8, 4) is 0 Å². The summed E-state index contributed by atoms with van der Waals surface area (Å²) in [7, 11) is 0. The molecule has 2 fully saturated rings. The fourth-order valence-electron chi connectivity index (χ4n) is 4.53. The normalized spacial score (nSPS) is 38.6. The lowest BCUT2D eigenvalue weighted by atomic mass is 9.78. The molecule has 35 heavy (non-hydrogen) atoms. The van der Waals surface area contributed by atoms with Gasteiger partial charge in [-0.3, -0.25) is 9.59 Å². The van der Waals surface area contributed by atoms with Crippen molar-refractivity contribution in [1.82, 2.24) is 5.32 Å². The van der Waals surface area contributed by atoms with Crippen molar-refractivity contribution in [3.63, 3.8) is 0 Å². The van der Waals surface area contributed by atoms with E-state index in [0.717, 1.165) is 0 Å². The monoisotopic (exact) mass is 505 g/mol. The van der Waals surface area contributed by atoms with E-state index < -0.39 is 85.0 Å². The highest BCUT2D eigenvalue weighted by atomic mass is 16.7. The molecule has 0 aliphatic carbocycles. The molecule has 0 spiro atoms. The molecule has 0 aromatic carbocycles. The van der Waals surface area contributed by atoms with Gasteiger partial charge in [-0.05, 0) is 19.3 Å². The standard InChI is InChI=1S/C24H43NO10/c1-10(2)15(28)20-21(32-11(3)4)17(30)18(31)23(35-20)34-19-14(25-12(5)27)22(24(6,7)8)33-13(9-26)16(19)29/h10-11,13-14,16-23,26,29-31H,9H2,1-8H3,(H,25,27)/t13?,14-,16+,17?,18-,19?,20?,21-,22+,23+/m0/s1. The zero-order valence-electron chi connectivity index (χ0n) is 21.9. The van der Waals surface area contributed by atoms with Crippen LogP contribution in [-0.4, -0.2) is 106 Å². The smallest absolute Gasteiger partial charge is 0.217 e. The maximum Gasteiger partial charge on any atom is 0.217 e. The van der Waals surface area contributed by atoms with E-state index in [4.69, 9.17) is 18.9 Å². The maximum absolute atomic E-state index is 12.9. The molecule has 2 aliphatic heterocycles. The number of hydrogen-bond donors (Lipinski definition) is 5. The summed E-state index contributed by atoms with van der Waals surface area (Å²) in [5.74, 6) is -1.20. The van der Waals surface area contributed by atoms with Crippen molar-refractivity contribution in [2.45, 2.75) is 123 Å². The van der Waals surface area contributed by atoms with Gasteiger partial charge in [0.1, 0.15) is 42.7 Å². The lowest BCUT2D eigenvalue weighted by Crippen LogP contribution is -2.69. The predicted molar refractivity (Wildman–Crippen MR) is 124 cm³/mol. The Morgan fingerprint density at radius 1 is 0.971 bits per heavy atom. The highest BCUT2D eigenvalue weighted by molar-refractivity contribution is 5.85. The van der Waals surface area contributed by atoms with E-state index in [-0.39, 0.29) is 11.9 Å². The Labute approximate surface area is 207 Å². The van der Waals surface area contributed by atoms with Gasteiger partial charge in [-0.15, -0.1) is 0 Å². The van der Waals surface area contributed by atoms with Crippen LogP contribution in [0.3, 0.4) is 0 Å². The van der Waals surface area contributed by atoms with Gasteiger partial charge in [0.25, 0.3) is 0 Å². The minimum atomic E-state index is -1.62. The number of hydrogen-bond acceptors (Lipinski definition) is 10. The number of ether oxygens (including phenoxy) is 4. The molecule has 2 saturated heterocycles. The van der Waals surface area contributed by atoms with Crippen LogP contribution in [0.4, 0.5) is 0 Å². The zero-order valence-corrected chi connectivity index (χ0v) is 21.9. The van der Waals surface area contributed by atoms with Crippen molar-refractivity contribution in [2.75, 3.05) is 6.61 Å². The minimum absolute atomic E-state index is 0.345. The average Bonchev–Trinajstić information content (AvgIpc) is 2.73. The molecule has 5 N–H and O–H groups in total. The van der Waals surface area contributed by atoms with Gasteiger partial charge in [-0.1, -0.05) is 34.6 Å². The Balaban J connectivity index is 2.43. The lowest BCUT2D eigenvalue weighted by Gasteiger charge is -2.51. The van der Waals surface area contributed by atoms with Gasteiger partial charge in [-0.2, -0.15) is 0 Å². The Morgan fingerprint density at radius 2 is 1.57 bits per heavy atom. The molecular weight excluding hydrogens is 462 g/mol. The number of carbonyl (C=O) groups excluding carboxylic acids is 2. The van der Waals surface area contributed by atoms with Gasteiger partial charge in [0.2, 0.25) is 5.91 Å². The number of carbonyl (C=O) groups is 2. The molecular formula is C24H43NO10. The van der Waals surface area contributed by atoms with Crippen molar-refractivity contribution in [1.29, 1.82) is 0 Å². The van der Waals surface area contributed by atoms with Crippen LogP contribution in [0.1, 0.15) is 55.4 Å². The second-order valence-electron chi connectivity index (χ2n) is 11.1. The van der Waals surface area contributed by atoms with Crippen LogP contribution in [0.15, 0.2) is 0 Å². The van der Waals surface area contributed by atoms with Crippen LogP contribution in [0.2, 0.25) is 0 Å². The van der Waals surface area contributed by atoms with Crippen molar-refractivity contribution in [3.05, 3.63) is 0 Å². The summed E-state index contributed by atoms with van der Waals surface area (Å²) in [4.78, 5) is 24.9. The van der Waals surface area contributed by atoms with Crippen molar-refractivity contribution >= 4 is 11.7 Å². The van der Waals surface area contributed by atoms with Crippen LogP contribution >= 0.6 is 0 Å². The second-order valence-corrected chi connectivity index (χ2v) is 11.1. The molecule has 0 bridgehead atoms. The summed E-state index contributed by atoms with van der Waals surface area (Å²) in [6.07, 6.45) is -11.7. The Bertz CT molecular complexity index is 724. The fourth-order valence-corrected chi connectivity index (χ4v) is 4.53. The van der Waals surface area contributed by atoms with Gasteiger partial charge in [0.05, 0.1) is 24.9 Å². The van der Waals surface area contributed by atoms with E-state index >= 15 is 0 Å². The molecule has 11 nitrogen and oxygen atoms in total. The number of aliphatic hydroxyl groups excluding tert-OH is 4. The third kappa shape index (κ3) is 6.98. The molecule has 2 aliphatic rings. The third-order valence-corrected chi connectivity index (χ3v) is 6.24. The summed E-state index contributed by atoms with van der Waals surface area (Å²) < 4.78 is 23.5. The van der Waals surface area contributed by atoms with Crippen molar-refractivity contribution < 1.29 is 49.0 Å². The predicted octanol–water partition coefficient (Wildman–Crippen LogP) is -0.492. The highest BCUT2D eigenvalue weighted by Gasteiger charge is 2.54. The lowest BCUT2D eigenvalue weighted by molar-refractivity contribution is -0.333. The fraction of sp³-hybridized carbons (Fsp3) is 0.917. The topological polar surface area (TPSA) is 164 Å². The van der Waals surface area contributed by atoms with E-state index in [9.17, 15) is 30.0 Å². The zero-order chi connectivity index (χ0) is 26.8. The van der Waals surface area contributed by atoms with E-state index in [1.165, 1.54) is 6.92 Å². The number of nitrogens with one attached hydrogen (secondary N) is 1.